The van der Waals surface area contributed by atoms with Gasteiger partial charge in [0.1, 0.15) is 0 Å². The lowest BCUT2D eigenvalue weighted by Gasteiger charge is -2.51. The molecule has 2 aliphatic rings. The number of aromatic amines is 1. The van der Waals surface area contributed by atoms with E-state index in [-0.39, 0.29) is 5.54 Å². The van der Waals surface area contributed by atoms with E-state index in [0.717, 1.165) is 58.5 Å². The number of hydrogen-bond acceptors (Lipinski definition) is 6. The summed E-state index contributed by atoms with van der Waals surface area (Å²) < 4.78 is 0. The molecule has 2 aliphatic heterocycles. The Bertz CT molecular complexity index is 759. The van der Waals surface area contributed by atoms with Crippen LogP contribution in [-0.4, -0.2) is 62.5 Å². The molecular formula is C21H33N7. The number of rotatable bonds is 6. The van der Waals surface area contributed by atoms with Gasteiger partial charge in [-0.25, -0.2) is 15.0 Å². The van der Waals surface area contributed by atoms with Gasteiger partial charge in [-0.2, -0.15) is 0 Å². The fraction of sp³-hybridized carbons (Fsp3) is 0.667. The number of likely N-dealkylation sites (tertiary alicyclic amines) is 1. The van der Waals surface area contributed by atoms with Crippen molar-refractivity contribution in [2.75, 3.05) is 38.0 Å². The van der Waals surface area contributed by atoms with Crippen LogP contribution in [0.1, 0.15) is 50.6 Å². The second-order valence-corrected chi connectivity index (χ2v) is 8.57. The van der Waals surface area contributed by atoms with E-state index >= 15 is 0 Å². The van der Waals surface area contributed by atoms with Gasteiger partial charge in [0.15, 0.2) is 0 Å². The molecule has 152 valence electrons. The number of imidazole rings is 1. The second-order valence-electron chi connectivity index (χ2n) is 8.57. The topological polar surface area (TPSA) is 73.0 Å². The monoisotopic (exact) mass is 383 g/mol. The van der Waals surface area contributed by atoms with Crippen molar-refractivity contribution in [3.8, 4) is 0 Å². The van der Waals surface area contributed by atoms with Gasteiger partial charge in [0.05, 0.1) is 17.6 Å². The molecule has 0 aliphatic carbocycles. The maximum atomic E-state index is 4.78. The number of fused-ring (bicyclic) bond motifs is 2. The molecule has 0 saturated carbocycles. The Balaban J connectivity index is 1.45. The number of anilines is 1. The molecule has 2 aromatic heterocycles. The zero-order valence-electron chi connectivity index (χ0n) is 17.4. The molecule has 2 N–H and O–H groups in total. The first-order valence-corrected chi connectivity index (χ1v) is 10.7. The molecule has 1 fully saturated rings. The third-order valence-electron chi connectivity index (χ3n) is 6.11. The summed E-state index contributed by atoms with van der Waals surface area (Å²) in [6.45, 7) is 12.9. The summed E-state index contributed by atoms with van der Waals surface area (Å²) in [7, 11) is 0. The summed E-state index contributed by atoms with van der Waals surface area (Å²) >= 11 is 0. The molecule has 4 heterocycles. The molecule has 0 radical (unpaired) electrons. The second kappa shape index (κ2) is 8.17. The van der Waals surface area contributed by atoms with Crippen molar-refractivity contribution in [2.45, 2.75) is 52.1 Å². The third kappa shape index (κ3) is 3.78. The Morgan fingerprint density at radius 3 is 2.57 bits per heavy atom. The first-order valence-electron chi connectivity index (χ1n) is 10.7. The summed E-state index contributed by atoms with van der Waals surface area (Å²) in [5, 5.41) is 3.15. The Morgan fingerprint density at radius 1 is 1.14 bits per heavy atom. The van der Waals surface area contributed by atoms with Gasteiger partial charge in [-0.05, 0) is 25.7 Å². The summed E-state index contributed by atoms with van der Waals surface area (Å²) in [5.74, 6) is 1.38. The lowest BCUT2D eigenvalue weighted by molar-refractivity contribution is -0.00359. The Morgan fingerprint density at radius 2 is 1.89 bits per heavy atom. The van der Waals surface area contributed by atoms with Crippen molar-refractivity contribution in [1.29, 1.82) is 0 Å². The largest absolute Gasteiger partial charge is 0.355 e. The smallest absolute Gasteiger partial charge is 0.222 e. The third-order valence-corrected chi connectivity index (χ3v) is 6.11. The maximum absolute atomic E-state index is 4.78. The molecule has 0 bridgehead atoms. The van der Waals surface area contributed by atoms with Gasteiger partial charge in [0.25, 0.3) is 0 Å². The van der Waals surface area contributed by atoms with Gasteiger partial charge in [0.2, 0.25) is 5.95 Å². The first-order chi connectivity index (χ1) is 13.6. The number of H-pyrrole nitrogens is 1. The van der Waals surface area contributed by atoms with Crippen LogP contribution in [0.15, 0.2) is 18.7 Å². The standard InChI is InChI=1S/C21H33N7/c1-4-22-20-23-11-17(12-24-20)14-27-9-6-21(7-10-27)19-18(25-15-26-19)5-8-28(21)13-16(2)3/h11-12,15-16H,4-10,13-14H2,1-3H3,(H,25,26)(H,22,23,24). The highest BCUT2D eigenvalue weighted by molar-refractivity contribution is 5.27. The van der Waals surface area contributed by atoms with E-state index in [1.54, 1.807) is 0 Å². The molecule has 2 aromatic rings. The van der Waals surface area contributed by atoms with Crippen molar-refractivity contribution in [2.24, 2.45) is 5.92 Å². The zero-order chi connectivity index (χ0) is 19.6. The van der Waals surface area contributed by atoms with Crippen LogP contribution in [0.2, 0.25) is 0 Å². The Hall–Kier alpha value is -1.99. The van der Waals surface area contributed by atoms with Crippen LogP contribution in [0.4, 0.5) is 5.95 Å². The fourth-order valence-electron chi connectivity index (χ4n) is 4.81. The predicted octanol–water partition coefficient (Wildman–Crippen LogP) is 2.64. The highest BCUT2D eigenvalue weighted by atomic mass is 15.3. The van der Waals surface area contributed by atoms with Crippen molar-refractivity contribution in [3.63, 3.8) is 0 Å². The molecule has 1 spiro atoms. The van der Waals surface area contributed by atoms with Gasteiger partial charge < -0.3 is 10.3 Å². The highest BCUT2D eigenvalue weighted by Crippen LogP contribution is 2.42. The van der Waals surface area contributed by atoms with Gasteiger partial charge in [-0.15, -0.1) is 0 Å². The van der Waals surface area contributed by atoms with Crippen LogP contribution in [-0.2, 0) is 18.5 Å². The Kier molecular flexibility index (Phi) is 5.64. The van der Waals surface area contributed by atoms with Crippen molar-refractivity contribution in [1.82, 2.24) is 29.7 Å². The average molecular weight is 384 g/mol. The average Bonchev–Trinajstić information content (AvgIpc) is 3.17. The quantitative estimate of drug-likeness (QED) is 0.799. The normalized spacial score (nSPS) is 19.9. The summed E-state index contributed by atoms with van der Waals surface area (Å²) in [6, 6.07) is 0. The minimum atomic E-state index is 0.0970. The van der Waals surface area contributed by atoms with E-state index in [0.29, 0.717) is 11.9 Å². The highest BCUT2D eigenvalue weighted by Gasteiger charge is 2.46. The molecule has 1 saturated heterocycles. The maximum Gasteiger partial charge on any atom is 0.222 e. The van der Waals surface area contributed by atoms with Gasteiger partial charge in [0, 0.05) is 69.3 Å². The Labute approximate surface area is 168 Å². The summed E-state index contributed by atoms with van der Waals surface area (Å²) in [6.07, 6.45) is 9.14. The number of nitrogens with zero attached hydrogens (tertiary/aromatic N) is 5. The molecular weight excluding hydrogens is 350 g/mol. The molecule has 7 nitrogen and oxygen atoms in total. The van der Waals surface area contributed by atoms with E-state index in [1.807, 2.05) is 18.7 Å². The van der Waals surface area contributed by atoms with Crippen LogP contribution in [0, 0.1) is 5.92 Å². The minimum Gasteiger partial charge on any atom is -0.355 e. The van der Waals surface area contributed by atoms with Crippen LogP contribution in [0.3, 0.4) is 0 Å². The molecule has 4 rings (SSSR count). The van der Waals surface area contributed by atoms with Crippen LogP contribution >= 0.6 is 0 Å². The number of piperidine rings is 1. The molecule has 0 unspecified atom stereocenters. The van der Waals surface area contributed by atoms with Gasteiger partial charge in [-0.3, -0.25) is 9.80 Å². The lowest BCUT2D eigenvalue weighted by Crippen LogP contribution is -2.57. The zero-order valence-corrected chi connectivity index (χ0v) is 17.4. The SMILES string of the molecule is CCNc1ncc(CN2CCC3(CC2)c2nc[nH]c2CCN3CC(C)C)cn1. The fourth-order valence-corrected chi connectivity index (χ4v) is 4.81. The van der Waals surface area contributed by atoms with Gasteiger partial charge in [-0.1, -0.05) is 13.8 Å². The van der Waals surface area contributed by atoms with Crippen LogP contribution in [0.25, 0.3) is 0 Å². The van der Waals surface area contributed by atoms with E-state index in [1.165, 1.54) is 17.0 Å². The van der Waals surface area contributed by atoms with E-state index in [2.05, 4.69) is 50.8 Å². The first kappa shape index (κ1) is 19.3. The van der Waals surface area contributed by atoms with Crippen LogP contribution in [0.5, 0.6) is 0 Å². The van der Waals surface area contributed by atoms with Crippen molar-refractivity contribution < 1.29 is 0 Å². The number of nitrogens with one attached hydrogen (secondary N) is 2. The van der Waals surface area contributed by atoms with Crippen molar-refractivity contribution >= 4 is 5.95 Å². The predicted molar refractivity (Wildman–Crippen MR) is 111 cm³/mol. The number of aromatic nitrogens is 4. The van der Waals surface area contributed by atoms with Crippen molar-refractivity contribution in [3.05, 3.63) is 35.7 Å². The molecule has 0 amide bonds. The van der Waals surface area contributed by atoms with E-state index < -0.39 is 0 Å². The molecule has 28 heavy (non-hydrogen) atoms. The lowest BCUT2D eigenvalue weighted by atomic mass is 9.78. The summed E-state index contributed by atoms with van der Waals surface area (Å²) in [5.41, 5.74) is 3.93. The molecule has 0 atom stereocenters. The summed E-state index contributed by atoms with van der Waals surface area (Å²) in [4.78, 5) is 22.3. The van der Waals surface area contributed by atoms with E-state index in [9.17, 15) is 0 Å². The van der Waals surface area contributed by atoms with E-state index in [4.69, 9.17) is 4.98 Å². The molecule has 0 aromatic carbocycles. The minimum absolute atomic E-state index is 0.0970. The van der Waals surface area contributed by atoms with Crippen LogP contribution < -0.4 is 5.32 Å². The molecule has 7 heteroatoms. The van der Waals surface area contributed by atoms with Gasteiger partial charge >= 0.3 is 0 Å². The number of hydrogen-bond donors (Lipinski definition) is 2.